The number of carbonyl (C=O) groups is 3. The number of amides is 3. The molecule has 0 aromatic heterocycles. The third-order valence-electron chi connectivity index (χ3n) is 4.89. The summed E-state index contributed by atoms with van der Waals surface area (Å²) in [6.07, 6.45) is 1.39. The van der Waals surface area contributed by atoms with Crippen LogP contribution in [0, 0.1) is 6.92 Å². The lowest BCUT2D eigenvalue weighted by Crippen LogP contribution is -2.37. The summed E-state index contributed by atoms with van der Waals surface area (Å²) in [4.78, 5) is 35.9. The zero-order chi connectivity index (χ0) is 25.9. The van der Waals surface area contributed by atoms with Gasteiger partial charge < -0.3 is 20.1 Å². The predicted octanol–water partition coefficient (Wildman–Crippen LogP) is 3.55. The number of hydrogen-bond donors (Lipinski definition) is 3. The highest BCUT2D eigenvalue weighted by Crippen LogP contribution is 2.20. The lowest BCUT2D eigenvalue weighted by Gasteiger charge is -2.09. The Morgan fingerprint density at radius 2 is 1.64 bits per heavy atom. The van der Waals surface area contributed by atoms with Gasteiger partial charge in [-0.25, -0.2) is 5.43 Å². The number of hydrogen-bond acceptors (Lipinski definition) is 6. The monoisotopic (exact) mass is 552 g/mol. The Morgan fingerprint density at radius 1 is 0.944 bits per heavy atom. The zero-order valence-electron chi connectivity index (χ0n) is 19.7. The molecule has 0 spiro atoms. The summed E-state index contributed by atoms with van der Waals surface area (Å²) in [7, 11) is 1.57. The average Bonchev–Trinajstić information content (AvgIpc) is 2.89. The molecule has 3 aromatic rings. The van der Waals surface area contributed by atoms with E-state index in [2.05, 4.69) is 37.1 Å². The predicted molar refractivity (Wildman–Crippen MR) is 140 cm³/mol. The minimum atomic E-state index is -0.883. The van der Waals surface area contributed by atoms with Crippen LogP contribution >= 0.6 is 15.9 Å². The number of nitrogens with one attached hydrogen (secondary N) is 3. The van der Waals surface area contributed by atoms with Gasteiger partial charge in [0.2, 0.25) is 0 Å². The molecule has 0 unspecified atom stereocenters. The molecule has 186 valence electrons. The Bertz CT molecular complexity index is 1240. The van der Waals surface area contributed by atoms with Crippen LogP contribution in [-0.4, -0.2) is 37.7 Å². The number of nitrogens with zero attached hydrogens (tertiary/aromatic N) is 1. The molecular weight excluding hydrogens is 528 g/mol. The van der Waals surface area contributed by atoms with Crippen molar-refractivity contribution in [1.29, 1.82) is 0 Å². The molecule has 0 aliphatic carbocycles. The van der Waals surface area contributed by atoms with Crippen molar-refractivity contribution in [1.82, 2.24) is 10.7 Å². The van der Waals surface area contributed by atoms with Gasteiger partial charge in [0.25, 0.3) is 5.91 Å². The van der Waals surface area contributed by atoms with E-state index in [0.29, 0.717) is 22.7 Å². The Kier molecular flexibility index (Phi) is 9.58. The standard InChI is InChI=1S/C26H25BrN4O5/c1-17-13-20(7-12-23(17)27)30-24(32)16-36-22-10-5-19(6-11-22)15-29-31-26(34)25(33)28-14-18-3-8-21(35-2)9-4-18/h3-13,15H,14,16H2,1-2H3,(H,28,33)(H,30,32)(H,31,34)/b29-15-. The van der Waals surface area contributed by atoms with E-state index in [4.69, 9.17) is 9.47 Å². The van der Waals surface area contributed by atoms with Crippen LogP contribution in [0.5, 0.6) is 11.5 Å². The molecule has 3 N–H and O–H groups in total. The molecule has 0 fully saturated rings. The minimum absolute atomic E-state index is 0.149. The molecule has 0 saturated carbocycles. The van der Waals surface area contributed by atoms with Crippen molar-refractivity contribution in [3.05, 3.63) is 87.9 Å². The first-order valence-corrected chi connectivity index (χ1v) is 11.7. The molecule has 0 aliphatic rings. The smallest absolute Gasteiger partial charge is 0.329 e. The van der Waals surface area contributed by atoms with Crippen molar-refractivity contribution < 1.29 is 23.9 Å². The Morgan fingerprint density at radius 3 is 2.31 bits per heavy atom. The van der Waals surface area contributed by atoms with Gasteiger partial charge in [-0.2, -0.15) is 5.10 Å². The second-order valence-electron chi connectivity index (χ2n) is 7.60. The molecule has 3 amide bonds. The lowest BCUT2D eigenvalue weighted by atomic mass is 10.2. The summed E-state index contributed by atoms with van der Waals surface area (Å²) in [6, 6.07) is 19.4. The topological polar surface area (TPSA) is 118 Å². The lowest BCUT2D eigenvalue weighted by molar-refractivity contribution is -0.139. The van der Waals surface area contributed by atoms with Crippen molar-refractivity contribution in [3.8, 4) is 11.5 Å². The fourth-order valence-electron chi connectivity index (χ4n) is 2.94. The maximum atomic E-state index is 12.1. The second kappa shape index (κ2) is 13.1. The van der Waals surface area contributed by atoms with E-state index in [9.17, 15) is 14.4 Å². The van der Waals surface area contributed by atoms with Gasteiger partial charge in [-0.3, -0.25) is 14.4 Å². The Balaban J connectivity index is 1.39. The van der Waals surface area contributed by atoms with E-state index >= 15 is 0 Å². The average molecular weight is 553 g/mol. The van der Waals surface area contributed by atoms with Gasteiger partial charge in [-0.05, 0) is 78.2 Å². The number of benzene rings is 3. The highest BCUT2D eigenvalue weighted by atomic mass is 79.9. The molecule has 0 radical (unpaired) electrons. The van der Waals surface area contributed by atoms with Gasteiger partial charge in [-0.1, -0.05) is 28.1 Å². The van der Waals surface area contributed by atoms with Crippen molar-refractivity contribution in [3.63, 3.8) is 0 Å². The summed E-state index contributed by atoms with van der Waals surface area (Å²) in [6.45, 7) is 1.98. The fourth-order valence-corrected chi connectivity index (χ4v) is 3.19. The maximum Gasteiger partial charge on any atom is 0.329 e. The summed E-state index contributed by atoms with van der Waals surface area (Å²) in [5.74, 6) is -0.768. The van der Waals surface area contributed by atoms with Crippen molar-refractivity contribution in [2.75, 3.05) is 19.0 Å². The Hall–Kier alpha value is -4.18. The molecule has 9 nitrogen and oxygen atoms in total. The SMILES string of the molecule is COc1ccc(CNC(=O)C(=O)N/N=C\c2ccc(OCC(=O)Nc3ccc(Br)c(C)c3)cc2)cc1. The largest absolute Gasteiger partial charge is 0.497 e. The molecule has 0 heterocycles. The third kappa shape index (κ3) is 8.24. The number of ether oxygens (including phenoxy) is 2. The van der Waals surface area contributed by atoms with Crippen LogP contribution in [0.3, 0.4) is 0 Å². The van der Waals surface area contributed by atoms with Gasteiger partial charge in [0.05, 0.1) is 13.3 Å². The highest BCUT2D eigenvalue weighted by Gasteiger charge is 2.12. The first-order chi connectivity index (χ1) is 17.3. The number of carbonyl (C=O) groups excluding carboxylic acids is 3. The highest BCUT2D eigenvalue weighted by molar-refractivity contribution is 9.10. The molecule has 0 aliphatic heterocycles. The van der Waals surface area contributed by atoms with Crippen molar-refractivity contribution in [2.45, 2.75) is 13.5 Å². The molecule has 0 bridgehead atoms. The van der Waals surface area contributed by atoms with E-state index in [-0.39, 0.29) is 19.1 Å². The number of halogens is 1. The molecule has 36 heavy (non-hydrogen) atoms. The summed E-state index contributed by atoms with van der Waals surface area (Å²) < 4.78 is 11.5. The van der Waals surface area contributed by atoms with Crippen LogP contribution in [0.25, 0.3) is 0 Å². The van der Waals surface area contributed by atoms with Crippen LogP contribution < -0.4 is 25.5 Å². The number of aryl methyl sites for hydroxylation is 1. The van der Waals surface area contributed by atoms with Crippen LogP contribution in [-0.2, 0) is 20.9 Å². The van der Waals surface area contributed by atoms with Crippen LogP contribution in [0.15, 0.2) is 76.3 Å². The molecule has 0 atom stereocenters. The van der Waals surface area contributed by atoms with Gasteiger partial charge in [0, 0.05) is 16.7 Å². The van der Waals surface area contributed by atoms with E-state index < -0.39 is 11.8 Å². The van der Waals surface area contributed by atoms with E-state index in [1.54, 1.807) is 61.7 Å². The molecule has 0 saturated heterocycles. The second-order valence-corrected chi connectivity index (χ2v) is 8.45. The number of anilines is 1. The van der Waals surface area contributed by atoms with E-state index in [1.165, 1.54) is 6.21 Å². The van der Waals surface area contributed by atoms with E-state index in [0.717, 1.165) is 15.6 Å². The molecular formula is C26H25BrN4O5. The number of methoxy groups -OCH3 is 1. The van der Waals surface area contributed by atoms with Gasteiger partial charge >= 0.3 is 11.8 Å². The number of rotatable bonds is 9. The van der Waals surface area contributed by atoms with Gasteiger partial charge in [0.15, 0.2) is 6.61 Å². The zero-order valence-corrected chi connectivity index (χ0v) is 21.3. The molecule has 3 rings (SSSR count). The summed E-state index contributed by atoms with van der Waals surface area (Å²) >= 11 is 3.42. The van der Waals surface area contributed by atoms with Gasteiger partial charge in [-0.15, -0.1) is 0 Å². The normalized spacial score (nSPS) is 10.5. The van der Waals surface area contributed by atoms with Crippen molar-refractivity contribution >= 4 is 45.6 Å². The molecule has 10 heteroatoms. The van der Waals surface area contributed by atoms with Gasteiger partial charge in [0.1, 0.15) is 11.5 Å². The summed E-state index contributed by atoms with van der Waals surface area (Å²) in [5, 5.41) is 9.09. The van der Waals surface area contributed by atoms with Crippen LogP contribution in [0.1, 0.15) is 16.7 Å². The van der Waals surface area contributed by atoms with Crippen molar-refractivity contribution in [2.24, 2.45) is 5.10 Å². The van der Waals surface area contributed by atoms with E-state index in [1.807, 2.05) is 19.1 Å². The van der Waals surface area contributed by atoms with Crippen LogP contribution in [0.4, 0.5) is 5.69 Å². The molecule has 3 aromatic carbocycles. The summed E-state index contributed by atoms with van der Waals surface area (Å²) in [5.41, 5.74) is 5.37. The fraction of sp³-hybridized carbons (Fsp3) is 0.154. The maximum absolute atomic E-state index is 12.1. The minimum Gasteiger partial charge on any atom is -0.497 e. The first kappa shape index (κ1) is 26.4. The number of hydrazone groups is 1. The quantitative estimate of drug-likeness (QED) is 0.213. The Labute approximate surface area is 217 Å². The third-order valence-corrected chi connectivity index (χ3v) is 5.78. The first-order valence-electron chi connectivity index (χ1n) is 10.9. The van der Waals surface area contributed by atoms with Crippen LogP contribution in [0.2, 0.25) is 0 Å².